The Balaban J connectivity index is 2.44. The first-order valence-electron chi connectivity index (χ1n) is 5.44. The number of hydrogen-bond acceptors (Lipinski definition) is 1. The van der Waals surface area contributed by atoms with Gasteiger partial charge < -0.3 is 16.4 Å². The van der Waals surface area contributed by atoms with Crippen molar-refractivity contribution in [2.75, 3.05) is 13.1 Å². The fourth-order valence-corrected chi connectivity index (χ4v) is 1.97. The summed E-state index contributed by atoms with van der Waals surface area (Å²) in [5, 5.41) is 7.67. The molecule has 0 saturated carbocycles. The Morgan fingerprint density at radius 2 is 1.87 bits per heavy atom. The summed E-state index contributed by atoms with van der Waals surface area (Å²) in [5.41, 5.74) is 10.5. The van der Waals surface area contributed by atoms with Crippen LogP contribution in [0.15, 0.2) is 4.99 Å². The van der Waals surface area contributed by atoms with Crippen molar-refractivity contribution in [2.24, 2.45) is 28.3 Å². The first-order valence-corrected chi connectivity index (χ1v) is 5.44. The lowest BCUT2D eigenvalue weighted by atomic mass is 9.87. The molecule has 1 fully saturated rings. The highest BCUT2D eigenvalue weighted by atomic mass is 15.3. The second-order valence-electron chi connectivity index (χ2n) is 4.43. The largest absolute Gasteiger partial charge is 0.370 e. The van der Waals surface area contributed by atoms with Crippen molar-refractivity contribution in [3.63, 3.8) is 0 Å². The minimum Gasteiger partial charge on any atom is -0.370 e. The Morgan fingerprint density at radius 3 is 2.27 bits per heavy atom. The number of piperidine rings is 1. The number of nitrogens with one attached hydrogen (secondary N) is 1. The average Bonchev–Trinajstić information content (AvgIpc) is 2.17. The van der Waals surface area contributed by atoms with E-state index in [1.165, 1.54) is 0 Å². The summed E-state index contributed by atoms with van der Waals surface area (Å²) in [4.78, 5) is 5.68. The third-order valence-corrected chi connectivity index (χ3v) is 3.02. The normalized spacial score (nSPS) is 17.9. The van der Waals surface area contributed by atoms with Gasteiger partial charge >= 0.3 is 0 Å². The summed E-state index contributed by atoms with van der Waals surface area (Å²) >= 11 is 0. The molecule has 0 aromatic heterocycles. The molecule has 15 heavy (non-hydrogen) atoms. The van der Waals surface area contributed by atoms with Gasteiger partial charge in [0.25, 0.3) is 0 Å². The molecule has 86 valence electrons. The molecule has 1 saturated heterocycles. The molecule has 0 unspecified atom stereocenters. The molecule has 0 aromatic carbocycles. The van der Waals surface area contributed by atoms with Gasteiger partial charge in [-0.1, -0.05) is 13.8 Å². The van der Waals surface area contributed by atoms with E-state index >= 15 is 0 Å². The van der Waals surface area contributed by atoms with Crippen LogP contribution in [0.2, 0.25) is 0 Å². The highest BCUT2D eigenvalue weighted by molar-refractivity contribution is 5.91. The zero-order valence-corrected chi connectivity index (χ0v) is 9.53. The van der Waals surface area contributed by atoms with E-state index in [4.69, 9.17) is 16.9 Å². The topological polar surface area (TPSA) is 91.5 Å². The standard InChI is InChI=1S/C10H21N5/c1-7(2)8-3-5-15(6-4-8)10(13)14-9(11)12/h7-8H,3-6H2,1-2H3,(H5,11,12,13,14). The van der Waals surface area contributed by atoms with Crippen LogP contribution in [-0.2, 0) is 0 Å². The summed E-state index contributed by atoms with van der Waals surface area (Å²) in [7, 11) is 0. The van der Waals surface area contributed by atoms with E-state index in [2.05, 4.69) is 18.8 Å². The lowest BCUT2D eigenvalue weighted by Gasteiger charge is -2.33. The molecular formula is C10H21N5. The summed E-state index contributed by atoms with van der Waals surface area (Å²) < 4.78 is 0. The van der Waals surface area contributed by atoms with Crippen LogP contribution in [0.4, 0.5) is 0 Å². The summed E-state index contributed by atoms with van der Waals surface area (Å²) in [6, 6.07) is 0. The molecule has 0 atom stereocenters. The van der Waals surface area contributed by atoms with Crippen molar-refractivity contribution in [3.8, 4) is 0 Å². The molecule has 0 radical (unpaired) electrons. The molecule has 5 N–H and O–H groups in total. The lowest BCUT2D eigenvalue weighted by molar-refractivity contribution is 0.218. The molecule has 1 rings (SSSR count). The molecule has 0 amide bonds. The second kappa shape index (κ2) is 5.00. The Kier molecular flexibility index (Phi) is 3.94. The Morgan fingerprint density at radius 1 is 1.33 bits per heavy atom. The zero-order valence-electron chi connectivity index (χ0n) is 9.53. The van der Waals surface area contributed by atoms with Crippen LogP contribution in [0.1, 0.15) is 26.7 Å². The SMILES string of the molecule is CC(C)C1CCN(C(=N)N=C(N)N)CC1. The van der Waals surface area contributed by atoms with Gasteiger partial charge in [0.2, 0.25) is 5.96 Å². The number of nitrogens with two attached hydrogens (primary N) is 2. The van der Waals surface area contributed by atoms with E-state index in [1.807, 2.05) is 4.90 Å². The van der Waals surface area contributed by atoms with Crippen molar-refractivity contribution in [2.45, 2.75) is 26.7 Å². The second-order valence-corrected chi connectivity index (χ2v) is 4.43. The predicted molar refractivity (Wildman–Crippen MR) is 62.7 cm³/mol. The first-order chi connectivity index (χ1) is 7.00. The molecule has 0 aromatic rings. The van der Waals surface area contributed by atoms with Crippen LogP contribution in [0.3, 0.4) is 0 Å². The van der Waals surface area contributed by atoms with Crippen molar-refractivity contribution < 1.29 is 0 Å². The maximum atomic E-state index is 7.67. The van der Waals surface area contributed by atoms with Gasteiger partial charge in [-0.3, -0.25) is 5.41 Å². The Hall–Kier alpha value is -1.26. The number of aliphatic imine (C=N–C) groups is 1. The third-order valence-electron chi connectivity index (χ3n) is 3.02. The highest BCUT2D eigenvalue weighted by Crippen LogP contribution is 2.24. The molecule has 5 nitrogen and oxygen atoms in total. The van der Waals surface area contributed by atoms with Crippen LogP contribution in [-0.4, -0.2) is 29.9 Å². The molecular weight excluding hydrogens is 190 g/mol. The van der Waals surface area contributed by atoms with Gasteiger partial charge in [0, 0.05) is 13.1 Å². The number of nitrogens with zero attached hydrogens (tertiary/aromatic N) is 2. The molecule has 1 heterocycles. The van der Waals surface area contributed by atoms with Gasteiger partial charge in [0.1, 0.15) is 0 Å². The maximum absolute atomic E-state index is 7.67. The molecule has 1 aliphatic rings. The smallest absolute Gasteiger partial charge is 0.221 e. The van der Waals surface area contributed by atoms with Crippen molar-refractivity contribution in [1.29, 1.82) is 5.41 Å². The Labute approximate surface area is 91.0 Å². The van der Waals surface area contributed by atoms with Crippen LogP contribution in [0.25, 0.3) is 0 Å². The number of rotatable bonds is 1. The van der Waals surface area contributed by atoms with Gasteiger partial charge in [0.05, 0.1) is 0 Å². The van der Waals surface area contributed by atoms with Gasteiger partial charge in [0.15, 0.2) is 5.96 Å². The zero-order chi connectivity index (χ0) is 11.4. The van der Waals surface area contributed by atoms with E-state index in [0.29, 0.717) is 0 Å². The van der Waals surface area contributed by atoms with Gasteiger partial charge in [-0.05, 0) is 24.7 Å². The molecule has 5 heteroatoms. The number of likely N-dealkylation sites (tertiary alicyclic amines) is 1. The highest BCUT2D eigenvalue weighted by Gasteiger charge is 2.22. The Bertz CT molecular complexity index is 247. The van der Waals surface area contributed by atoms with Crippen molar-refractivity contribution in [1.82, 2.24) is 4.90 Å². The predicted octanol–water partition coefficient (Wildman–Crippen LogP) is 0.563. The summed E-state index contributed by atoms with van der Waals surface area (Å²) in [5.74, 6) is 1.65. The van der Waals surface area contributed by atoms with E-state index in [1.54, 1.807) is 0 Å². The number of hydrogen-bond donors (Lipinski definition) is 3. The number of guanidine groups is 2. The van der Waals surface area contributed by atoms with Crippen LogP contribution >= 0.6 is 0 Å². The molecule has 0 bridgehead atoms. The lowest BCUT2D eigenvalue weighted by Crippen LogP contribution is -2.39. The maximum Gasteiger partial charge on any atom is 0.221 e. The fourth-order valence-electron chi connectivity index (χ4n) is 1.97. The van der Waals surface area contributed by atoms with Gasteiger partial charge in [-0.25, -0.2) is 0 Å². The first kappa shape index (κ1) is 11.8. The minimum atomic E-state index is -0.0361. The van der Waals surface area contributed by atoms with Crippen LogP contribution < -0.4 is 11.5 Å². The van der Waals surface area contributed by atoms with E-state index in [9.17, 15) is 0 Å². The summed E-state index contributed by atoms with van der Waals surface area (Å²) in [6.07, 6.45) is 2.25. The van der Waals surface area contributed by atoms with Gasteiger partial charge in [-0.15, -0.1) is 0 Å². The molecule has 1 aliphatic heterocycles. The van der Waals surface area contributed by atoms with Crippen molar-refractivity contribution in [3.05, 3.63) is 0 Å². The minimum absolute atomic E-state index is 0.0361. The van der Waals surface area contributed by atoms with Gasteiger partial charge in [-0.2, -0.15) is 4.99 Å². The van der Waals surface area contributed by atoms with E-state index < -0.39 is 0 Å². The quantitative estimate of drug-likeness (QED) is 0.437. The third kappa shape index (κ3) is 3.42. The average molecular weight is 211 g/mol. The molecule has 0 aliphatic carbocycles. The van der Waals surface area contributed by atoms with Crippen molar-refractivity contribution >= 4 is 11.9 Å². The van der Waals surface area contributed by atoms with E-state index in [0.717, 1.165) is 37.8 Å². The van der Waals surface area contributed by atoms with E-state index in [-0.39, 0.29) is 11.9 Å². The van der Waals surface area contributed by atoms with Crippen LogP contribution in [0.5, 0.6) is 0 Å². The van der Waals surface area contributed by atoms with Crippen LogP contribution in [0, 0.1) is 17.2 Å². The fraction of sp³-hybridized carbons (Fsp3) is 0.800. The summed E-state index contributed by atoms with van der Waals surface area (Å²) in [6.45, 7) is 6.28. The monoisotopic (exact) mass is 211 g/mol. The molecule has 0 spiro atoms.